The first-order chi connectivity index (χ1) is 8.42. The van der Waals surface area contributed by atoms with Crippen LogP contribution in [0.3, 0.4) is 0 Å². The van der Waals surface area contributed by atoms with Gasteiger partial charge in [-0.1, -0.05) is 30.3 Å². The summed E-state index contributed by atoms with van der Waals surface area (Å²) in [6, 6.07) is 16.1. The number of para-hydroxylation sites is 3. The zero-order valence-corrected chi connectivity index (χ0v) is 9.01. The van der Waals surface area contributed by atoms with Crippen LogP contribution in [0.4, 0.5) is 0 Å². The van der Waals surface area contributed by atoms with E-state index in [4.69, 9.17) is 0 Å². The monoisotopic (exact) mass is 219 g/mol. The Hall–Kier alpha value is -2.42. The summed E-state index contributed by atoms with van der Waals surface area (Å²) < 4.78 is 0. The first-order valence-corrected chi connectivity index (χ1v) is 5.55. The Morgan fingerprint density at radius 3 is 2.35 bits per heavy atom. The van der Waals surface area contributed by atoms with Crippen molar-refractivity contribution >= 4 is 33.1 Å². The van der Waals surface area contributed by atoms with Crippen molar-refractivity contribution in [3.05, 3.63) is 48.5 Å². The molecule has 0 amide bonds. The van der Waals surface area contributed by atoms with E-state index in [1.54, 1.807) is 0 Å². The summed E-state index contributed by atoms with van der Waals surface area (Å²) in [5.41, 5.74) is 4.73. The minimum Gasteiger partial charge on any atom is -0.338 e. The van der Waals surface area contributed by atoms with Crippen molar-refractivity contribution < 1.29 is 0 Å². The molecule has 4 rings (SSSR count). The number of benzene rings is 2. The smallest absolute Gasteiger partial charge is 0.157 e. The molecule has 0 aliphatic rings. The maximum absolute atomic E-state index is 4.67. The molecule has 2 aromatic carbocycles. The fourth-order valence-electron chi connectivity index (χ4n) is 2.20. The minimum atomic E-state index is 0.852. The fourth-order valence-corrected chi connectivity index (χ4v) is 2.20. The van der Waals surface area contributed by atoms with Crippen LogP contribution in [0.5, 0.6) is 0 Å². The lowest BCUT2D eigenvalue weighted by molar-refractivity contribution is 1.36. The summed E-state index contributed by atoms with van der Waals surface area (Å²) in [7, 11) is 0. The van der Waals surface area contributed by atoms with Gasteiger partial charge >= 0.3 is 0 Å². The number of nitrogens with zero attached hydrogens (tertiary/aromatic N) is 2. The van der Waals surface area contributed by atoms with Crippen LogP contribution in [0.2, 0.25) is 0 Å². The molecule has 3 nitrogen and oxygen atoms in total. The van der Waals surface area contributed by atoms with Gasteiger partial charge in [0.2, 0.25) is 0 Å². The van der Waals surface area contributed by atoms with Crippen molar-refractivity contribution in [1.82, 2.24) is 15.0 Å². The molecule has 0 radical (unpaired) electrons. The Morgan fingerprint density at radius 1 is 0.765 bits per heavy atom. The normalized spacial score (nSPS) is 11.5. The fraction of sp³-hybridized carbons (Fsp3) is 0. The topological polar surface area (TPSA) is 41.6 Å². The molecule has 2 heterocycles. The molecule has 0 saturated carbocycles. The van der Waals surface area contributed by atoms with Crippen LogP contribution in [-0.2, 0) is 0 Å². The van der Waals surface area contributed by atoms with E-state index in [0.29, 0.717) is 0 Å². The average molecular weight is 219 g/mol. The van der Waals surface area contributed by atoms with E-state index in [9.17, 15) is 0 Å². The summed E-state index contributed by atoms with van der Waals surface area (Å²) in [4.78, 5) is 12.6. The Morgan fingerprint density at radius 2 is 1.47 bits per heavy atom. The molecule has 0 saturated heterocycles. The number of hydrogen-bond acceptors (Lipinski definition) is 2. The van der Waals surface area contributed by atoms with E-state index >= 15 is 0 Å². The Balaban J connectivity index is 2.28. The largest absolute Gasteiger partial charge is 0.338 e. The molecule has 0 atom stereocenters. The van der Waals surface area contributed by atoms with Crippen molar-refractivity contribution in [2.75, 3.05) is 0 Å². The van der Waals surface area contributed by atoms with Gasteiger partial charge in [0.05, 0.1) is 11.0 Å². The van der Waals surface area contributed by atoms with Crippen molar-refractivity contribution in [2.45, 2.75) is 0 Å². The molecule has 3 heteroatoms. The van der Waals surface area contributed by atoms with Crippen LogP contribution in [0.1, 0.15) is 0 Å². The molecule has 0 aliphatic carbocycles. The molecule has 80 valence electrons. The Bertz CT molecular complexity index is 840. The molecule has 4 aromatic rings. The molecule has 0 bridgehead atoms. The van der Waals surface area contributed by atoms with Gasteiger partial charge in [0, 0.05) is 10.9 Å². The van der Waals surface area contributed by atoms with Crippen molar-refractivity contribution in [1.29, 1.82) is 0 Å². The highest BCUT2D eigenvalue weighted by atomic mass is 14.9. The van der Waals surface area contributed by atoms with Gasteiger partial charge in [0.1, 0.15) is 5.52 Å². The molecule has 0 unspecified atom stereocenters. The zero-order valence-electron chi connectivity index (χ0n) is 9.01. The third-order valence-electron chi connectivity index (χ3n) is 3.01. The molecule has 1 N–H and O–H groups in total. The van der Waals surface area contributed by atoms with Gasteiger partial charge in [0.15, 0.2) is 5.65 Å². The molecule has 2 aromatic heterocycles. The van der Waals surface area contributed by atoms with Gasteiger partial charge in [-0.3, -0.25) is 0 Å². The second-order valence-corrected chi connectivity index (χ2v) is 4.08. The predicted molar refractivity (Wildman–Crippen MR) is 68.9 cm³/mol. The number of fused-ring (bicyclic) bond motifs is 4. The van der Waals surface area contributed by atoms with Crippen molar-refractivity contribution in [2.24, 2.45) is 0 Å². The van der Waals surface area contributed by atoms with Crippen LogP contribution in [0.25, 0.3) is 33.1 Å². The van der Waals surface area contributed by atoms with Crippen molar-refractivity contribution in [3.63, 3.8) is 0 Å². The van der Waals surface area contributed by atoms with E-state index in [2.05, 4.69) is 21.0 Å². The van der Waals surface area contributed by atoms with Gasteiger partial charge in [0.25, 0.3) is 0 Å². The highest BCUT2D eigenvalue weighted by molar-refractivity contribution is 6.05. The van der Waals surface area contributed by atoms with E-state index in [1.165, 1.54) is 0 Å². The molecule has 0 aliphatic heterocycles. The third kappa shape index (κ3) is 1.16. The quantitative estimate of drug-likeness (QED) is 0.493. The van der Waals surface area contributed by atoms with Crippen LogP contribution >= 0.6 is 0 Å². The Kier molecular flexibility index (Phi) is 1.56. The SMILES string of the molecule is c1ccc2nc3c(nc2c1)[nH]c1ccccc13. The van der Waals surface area contributed by atoms with Crippen LogP contribution < -0.4 is 0 Å². The second kappa shape index (κ2) is 3.04. The van der Waals surface area contributed by atoms with Crippen LogP contribution in [-0.4, -0.2) is 15.0 Å². The summed E-state index contributed by atoms with van der Waals surface area (Å²) in [6.07, 6.45) is 0. The van der Waals surface area contributed by atoms with Gasteiger partial charge in [-0.05, 0) is 18.2 Å². The lowest BCUT2D eigenvalue weighted by Crippen LogP contribution is -1.84. The first-order valence-electron chi connectivity index (χ1n) is 5.55. The lowest BCUT2D eigenvalue weighted by atomic mass is 10.2. The summed E-state index contributed by atoms with van der Waals surface area (Å²) in [6.45, 7) is 0. The maximum atomic E-state index is 4.67. The third-order valence-corrected chi connectivity index (χ3v) is 3.01. The number of aromatic amines is 1. The van der Waals surface area contributed by atoms with Crippen LogP contribution in [0, 0.1) is 0 Å². The van der Waals surface area contributed by atoms with Crippen LogP contribution in [0.15, 0.2) is 48.5 Å². The zero-order chi connectivity index (χ0) is 11.2. The summed E-state index contributed by atoms with van der Waals surface area (Å²) in [5, 5.41) is 1.13. The lowest BCUT2D eigenvalue weighted by Gasteiger charge is -1.95. The highest BCUT2D eigenvalue weighted by Crippen LogP contribution is 2.24. The molecule has 17 heavy (non-hydrogen) atoms. The standard InChI is InChI=1S/C14H9N3/c1-2-6-10-9(5-1)13-14(16-10)17-12-8-4-3-7-11(12)15-13/h1-8H,(H,16,17). The number of nitrogens with one attached hydrogen (secondary N) is 1. The van der Waals surface area contributed by atoms with Gasteiger partial charge in [-0.15, -0.1) is 0 Å². The summed E-state index contributed by atoms with van der Waals surface area (Å²) >= 11 is 0. The molecule has 0 fully saturated rings. The van der Waals surface area contributed by atoms with E-state index in [-0.39, 0.29) is 0 Å². The maximum Gasteiger partial charge on any atom is 0.157 e. The molecular weight excluding hydrogens is 210 g/mol. The van der Waals surface area contributed by atoms with E-state index in [0.717, 1.165) is 33.1 Å². The number of rotatable bonds is 0. The highest BCUT2D eigenvalue weighted by Gasteiger charge is 2.07. The number of hydrogen-bond donors (Lipinski definition) is 1. The van der Waals surface area contributed by atoms with Gasteiger partial charge in [-0.25, -0.2) is 9.97 Å². The van der Waals surface area contributed by atoms with E-state index in [1.807, 2.05) is 42.5 Å². The number of aromatic nitrogens is 3. The second-order valence-electron chi connectivity index (χ2n) is 4.08. The van der Waals surface area contributed by atoms with Gasteiger partial charge in [-0.2, -0.15) is 0 Å². The summed E-state index contributed by atoms with van der Waals surface area (Å²) in [5.74, 6) is 0. The minimum absolute atomic E-state index is 0.852. The van der Waals surface area contributed by atoms with Crippen molar-refractivity contribution in [3.8, 4) is 0 Å². The Labute approximate surface area is 97.1 Å². The molecule has 0 spiro atoms. The number of H-pyrrole nitrogens is 1. The van der Waals surface area contributed by atoms with Gasteiger partial charge < -0.3 is 4.98 Å². The first kappa shape index (κ1) is 8.70. The average Bonchev–Trinajstić information content (AvgIpc) is 2.73. The molecular formula is C14H9N3. The predicted octanol–water partition coefficient (Wildman–Crippen LogP) is 3.26. The van der Waals surface area contributed by atoms with E-state index < -0.39 is 0 Å².